The van der Waals surface area contributed by atoms with Crippen molar-refractivity contribution < 1.29 is 37.8 Å². The molecule has 0 atom stereocenters. The summed E-state index contributed by atoms with van der Waals surface area (Å²) in [6.07, 6.45) is 8.17. The number of benzene rings is 9. The molecule has 15 aromatic rings. The first-order chi connectivity index (χ1) is 59.0. The van der Waals surface area contributed by atoms with Crippen LogP contribution in [0.25, 0.3) is 45.0 Å². The summed E-state index contributed by atoms with van der Waals surface area (Å²) < 4.78 is 21.4. The molecule has 608 valence electrons. The molecule has 29 nitrogen and oxygen atoms in total. The Morgan fingerprint density at radius 1 is 0.405 bits per heavy atom. The molecule has 0 aliphatic carbocycles. The topological polar surface area (TPSA) is 416 Å². The Hall–Kier alpha value is -15.7. The molecular formula is C90H83N21O8S2. The molecule has 7 heterocycles. The van der Waals surface area contributed by atoms with Crippen molar-refractivity contribution >= 4 is 139 Å². The van der Waals surface area contributed by atoms with E-state index >= 15 is 0 Å². The number of carbonyl (C=O) groups is 4. The first-order valence-electron chi connectivity index (χ1n) is 37.7. The third kappa shape index (κ3) is 24.9. The molecule has 0 saturated carbocycles. The molecule has 0 bridgehead atoms. The monoisotopic (exact) mass is 1650 g/mol. The van der Waals surface area contributed by atoms with E-state index in [0.29, 0.717) is 104 Å². The minimum absolute atomic E-state index is 0.00533. The number of anilines is 16. The molecule has 0 radical (unpaired) electrons. The zero-order chi connectivity index (χ0) is 84.1. The summed E-state index contributed by atoms with van der Waals surface area (Å²) in [7, 11) is 3.11. The van der Waals surface area contributed by atoms with E-state index in [1.54, 1.807) is 130 Å². The Labute approximate surface area is 704 Å². The Balaban J connectivity index is 0.000000139. The van der Waals surface area contributed by atoms with Gasteiger partial charge in [-0.25, -0.2) is 39.9 Å². The van der Waals surface area contributed by atoms with Crippen LogP contribution in [0.1, 0.15) is 20.2 Å². The van der Waals surface area contributed by atoms with Crippen LogP contribution in [0.15, 0.2) is 302 Å². The zero-order valence-corrected chi connectivity index (χ0v) is 67.1. The standard InChI is InChI=1S/C25H23N5O3.C22H24N6OS.C22H19N5O2S.C21H17N5O2/c1-32-23-11-10-17(14-22(23)29-24(31)16-33-20-8-3-2-4-9-20)21-12-13-27-25(30-21)28-19-7-5-6-18(26)15-19;23-17-4-2-6-19(14-17)26-22-24-8-7-20(27-22)16-3-1-5-18(13-16)25-21(29)15-28-9-11-30-12-10-28;1-29-19-8-7-14(12-18(19)26-21(28)20-6-3-11-30-20)17-9-10-24-22(27-17)25-16-5-2-4-15(23)13-16;22-15-5-2-7-17(13-15)25-21-23-10-9-18(26-21)14-4-1-6-16(12-14)24-20(27)19-8-3-11-28-19/h2-15H,16,26H2,1H3,(H,29,31)(H,27,28,30);1-8,13-14H,9-12,15,23H2,(H,25,29)(H,24,26,27);2-13H,23H2,1H3,(H,26,28)(H,24,25,27);1-13H,22H2,(H,24,27)(H,23,25,26). The Kier molecular flexibility index (Phi) is 28.7. The van der Waals surface area contributed by atoms with Gasteiger partial charge in [-0.05, 0) is 193 Å². The number of para-hydroxylation sites is 1. The second kappa shape index (κ2) is 41.7. The maximum Gasteiger partial charge on any atom is 0.291 e. The van der Waals surface area contributed by atoms with E-state index < -0.39 is 0 Å². The number of amides is 4. The predicted molar refractivity (Wildman–Crippen MR) is 481 cm³/mol. The number of hydrogen-bond acceptors (Lipinski definition) is 27. The van der Waals surface area contributed by atoms with Gasteiger partial charge in [0.25, 0.3) is 17.7 Å². The van der Waals surface area contributed by atoms with Gasteiger partial charge in [0, 0.05) is 129 Å². The lowest BCUT2D eigenvalue weighted by atomic mass is 10.1. The molecule has 1 fully saturated rings. The van der Waals surface area contributed by atoms with Crippen molar-refractivity contribution in [2.75, 3.05) is 117 Å². The molecule has 4 amide bonds. The number of thioether (sulfide) groups is 1. The number of furan rings is 1. The van der Waals surface area contributed by atoms with Crippen molar-refractivity contribution in [2.45, 2.75) is 0 Å². The van der Waals surface area contributed by atoms with Gasteiger partial charge in [0.1, 0.15) is 17.2 Å². The van der Waals surface area contributed by atoms with Crippen LogP contribution < -0.4 is 79.7 Å². The first kappa shape index (κ1) is 83.2. The third-order valence-electron chi connectivity index (χ3n) is 17.6. The second-order valence-electron chi connectivity index (χ2n) is 26.5. The molecule has 1 aliphatic heterocycles. The highest BCUT2D eigenvalue weighted by Gasteiger charge is 2.19. The highest BCUT2D eigenvalue weighted by molar-refractivity contribution is 7.99. The SMILES string of the molecule is COc1ccc(-c2ccnc(Nc3cccc(N)c3)n2)cc1NC(=O)COc1ccccc1.COc1ccc(-c2ccnc(Nc3cccc(N)c3)n2)cc1NC(=O)c1cccs1.Nc1cccc(Nc2nccc(-c3cccc(NC(=O)CN4CCSCC4)c3)n2)c1.Nc1cccc(Nc2nccc(-c3cccc(NC(=O)c4ccco4)c3)n2)c1. The van der Waals surface area contributed by atoms with Crippen LogP contribution in [0.2, 0.25) is 0 Å². The molecule has 16 rings (SSSR count). The van der Waals surface area contributed by atoms with Gasteiger partial charge in [-0.3, -0.25) is 24.1 Å². The molecule has 16 N–H and O–H groups in total. The van der Waals surface area contributed by atoms with E-state index in [4.69, 9.17) is 41.6 Å². The number of hydrogen-bond donors (Lipinski definition) is 12. The summed E-state index contributed by atoms with van der Waals surface area (Å²) in [6, 6.07) is 78.8. The number of ether oxygens (including phenoxy) is 3. The van der Waals surface area contributed by atoms with Gasteiger partial charge in [0.15, 0.2) is 12.4 Å². The number of methoxy groups -OCH3 is 2. The number of nitrogens with two attached hydrogens (primary N) is 4. The molecule has 0 unspecified atom stereocenters. The number of carbonyl (C=O) groups excluding carboxylic acids is 4. The van der Waals surface area contributed by atoms with Crippen molar-refractivity contribution in [3.63, 3.8) is 0 Å². The van der Waals surface area contributed by atoms with Gasteiger partial charge < -0.3 is 84.1 Å². The Morgan fingerprint density at radius 2 is 0.835 bits per heavy atom. The third-order valence-corrected chi connectivity index (χ3v) is 19.4. The summed E-state index contributed by atoms with van der Waals surface area (Å²) in [6.45, 7) is 2.22. The van der Waals surface area contributed by atoms with Crippen molar-refractivity contribution in [3.8, 4) is 62.3 Å². The van der Waals surface area contributed by atoms with E-state index in [0.717, 1.165) is 86.7 Å². The fourth-order valence-corrected chi connectivity index (χ4v) is 13.5. The van der Waals surface area contributed by atoms with Crippen LogP contribution in [-0.4, -0.2) is 120 Å². The van der Waals surface area contributed by atoms with Crippen molar-refractivity contribution in [1.29, 1.82) is 0 Å². The second-order valence-corrected chi connectivity index (χ2v) is 28.7. The summed E-state index contributed by atoms with van der Waals surface area (Å²) in [5, 5.41) is 26.0. The highest BCUT2D eigenvalue weighted by atomic mass is 32.2. The molecule has 121 heavy (non-hydrogen) atoms. The number of nitrogens with zero attached hydrogens (tertiary/aromatic N) is 9. The van der Waals surface area contributed by atoms with Crippen molar-refractivity contribution in [1.82, 2.24) is 44.8 Å². The molecule has 1 saturated heterocycles. The fourth-order valence-electron chi connectivity index (χ4n) is 12.0. The van der Waals surface area contributed by atoms with Crippen molar-refractivity contribution in [2.24, 2.45) is 0 Å². The van der Waals surface area contributed by atoms with E-state index in [9.17, 15) is 19.2 Å². The lowest BCUT2D eigenvalue weighted by Crippen LogP contribution is -2.38. The van der Waals surface area contributed by atoms with Gasteiger partial charge in [-0.15, -0.1) is 11.3 Å². The van der Waals surface area contributed by atoms with Crippen LogP contribution >= 0.6 is 23.1 Å². The van der Waals surface area contributed by atoms with Crippen LogP contribution in [0, 0.1) is 0 Å². The highest BCUT2D eigenvalue weighted by Crippen LogP contribution is 2.34. The van der Waals surface area contributed by atoms with Crippen LogP contribution in [0.4, 0.5) is 92.0 Å². The van der Waals surface area contributed by atoms with E-state index in [1.165, 1.54) is 17.6 Å². The summed E-state index contributed by atoms with van der Waals surface area (Å²) >= 11 is 3.31. The minimum Gasteiger partial charge on any atom is -0.495 e. The summed E-state index contributed by atoms with van der Waals surface area (Å²) in [4.78, 5) is 87.7. The molecule has 9 aromatic carbocycles. The van der Waals surface area contributed by atoms with Crippen LogP contribution in [0.5, 0.6) is 17.2 Å². The van der Waals surface area contributed by atoms with Gasteiger partial charge in [-0.1, -0.05) is 72.8 Å². The molecule has 0 spiro atoms. The number of aromatic nitrogens is 8. The van der Waals surface area contributed by atoms with E-state index in [1.807, 2.05) is 187 Å². The van der Waals surface area contributed by atoms with E-state index in [-0.39, 0.29) is 36.0 Å². The van der Waals surface area contributed by atoms with Gasteiger partial charge in [0.2, 0.25) is 29.7 Å². The normalized spacial score (nSPS) is 11.4. The Bertz CT molecular complexity index is 6010. The van der Waals surface area contributed by atoms with Crippen molar-refractivity contribution in [3.05, 3.63) is 308 Å². The molecule has 6 aromatic heterocycles. The number of thiophene rings is 1. The molecule has 31 heteroatoms. The van der Waals surface area contributed by atoms with E-state index in [2.05, 4.69) is 87.3 Å². The molecule has 1 aliphatic rings. The summed E-state index contributed by atoms with van der Waals surface area (Å²) in [5.74, 6) is 5.14. The smallest absolute Gasteiger partial charge is 0.291 e. The zero-order valence-electron chi connectivity index (χ0n) is 65.4. The maximum absolute atomic E-state index is 12.5. The lowest BCUT2D eigenvalue weighted by Gasteiger charge is -2.25. The van der Waals surface area contributed by atoms with Crippen LogP contribution in [-0.2, 0) is 9.59 Å². The van der Waals surface area contributed by atoms with Gasteiger partial charge in [-0.2, -0.15) is 11.8 Å². The number of nitrogen functional groups attached to an aromatic ring is 4. The Morgan fingerprint density at radius 3 is 1.26 bits per heavy atom. The quantitative estimate of drug-likeness (QED) is 0.0236. The average molecular weight is 1650 g/mol. The maximum atomic E-state index is 12.5. The van der Waals surface area contributed by atoms with Gasteiger partial charge in [0.05, 0.1) is 66.1 Å². The largest absolute Gasteiger partial charge is 0.495 e. The lowest BCUT2D eigenvalue weighted by molar-refractivity contribution is -0.118. The average Bonchev–Trinajstić information content (AvgIpc) is 1.28. The van der Waals surface area contributed by atoms with Gasteiger partial charge >= 0.3 is 0 Å². The predicted octanol–water partition coefficient (Wildman–Crippen LogP) is 17.1. The number of nitrogens with one attached hydrogen (secondary N) is 8. The molecular weight excluding hydrogens is 1570 g/mol. The fraction of sp³-hybridized carbons (Fsp3) is 0.0889. The number of rotatable bonds is 25. The van der Waals surface area contributed by atoms with Crippen LogP contribution in [0.3, 0.4) is 0 Å². The summed E-state index contributed by atoms with van der Waals surface area (Å²) in [5.41, 5.74) is 37.8. The minimum atomic E-state index is -0.311. The first-order valence-corrected chi connectivity index (χ1v) is 39.8.